The minimum Gasteiger partial charge on any atom is -0.442 e. The Morgan fingerprint density at radius 3 is 2.50 bits per heavy atom. The SMILES string of the molecule is CC(C)(C)OC(=O)NOC(=O)c1cscc1C1CCCCC1. The topological polar surface area (TPSA) is 64.6 Å². The fraction of sp³-hybridized carbons (Fsp3) is 0.625. The number of thiophene rings is 1. The second-order valence-corrected chi connectivity index (χ2v) is 7.31. The first kappa shape index (κ1) is 16.8. The van der Waals surface area contributed by atoms with Crippen LogP contribution in [0.1, 0.15) is 74.7 Å². The standard InChI is InChI=1S/C16H23NO4S/c1-16(2,3)20-15(19)17-21-14(18)13-10-22-9-12(13)11-7-5-4-6-8-11/h9-11H,4-8H2,1-3H3,(H,17,19). The zero-order valence-electron chi connectivity index (χ0n) is 13.3. The van der Waals surface area contributed by atoms with Gasteiger partial charge in [0, 0.05) is 5.38 Å². The summed E-state index contributed by atoms with van der Waals surface area (Å²) in [6, 6.07) is 0. The molecule has 1 heterocycles. The van der Waals surface area contributed by atoms with Crippen LogP contribution in [-0.4, -0.2) is 17.7 Å². The molecule has 6 heteroatoms. The molecule has 1 aromatic heterocycles. The predicted octanol–water partition coefficient (Wildman–Crippen LogP) is 4.39. The Labute approximate surface area is 134 Å². The molecule has 2 rings (SSSR count). The Bertz CT molecular complexity index is 526. The summed E-state index contributed by atoms with van der Waals surface area (Å²) >= 11 is 1.49. The fourth-order valence-corrected chi connectivity index (χ4v) is 3.55. The lowest BCUT2D eigenvalue weighted by Gasteiger charge is -2.22. The first-order valence-electron chi connectivity index (χ1n) is 7.63. The number of carbonyl (C=O) groups excluding carboxylic acids is 2. The van der Waals surface area contributed by atoms with Crippen molar-refractivity contribution in [3.05, 3.63) is 21.9 Å². The average molecular weight is 325 g/mol. The summed E-state index contributed by atoms with van der Waals surface area (Å²) < 4.78 is 5.03. The third-order valence-corrected chi connectivity index (χ3v) is 4.34. The first-order valence-corrected chi connectivity index (χ1v) is 8.57. The molecule has 0 atom stereocenters. The molecule has 0 saturated heterocycles. The van der Waals surface area contributed by atoms with E-state index in [9.17, 15) is 9.59 Å². The molecular formula is C16H23NO4S. The van der Waals surface area contributed by atoms with Crippen molar-refractivity contribution in [1.29, 1.82) is 0 Å². The Hall–Kier alpha value is -1.56. The molecular weight excluding hydrogens is 302 g/mol. The lowest BCUT2D eigenvalue weighted by Crippen LogP contribution is -2.34. The molecule has 5 nitrogen and oxygen atoms in total. The zero-order valence-corrected chi connectivity index (χ0v) is 14.1. The number of hydrogen-bond donors (Lipinski definition) is 1. The van der Waals surface area contributed by atoms with Crippen LogP contribution in [0.4, 0.5) is 4.79 Å². The third-order valence-electron chi connectivity index (χ3n) is 3.58. The van der Waals surface area contributed by atoms with Crippen LogP contribution >= 0.6 is 11.3 Å². The van der Waals surface area contributed by atoms with Crippen molar-refractivity contribution >= 4 is 23.4 Å². The Morgan fingerprint density at radius 2 is 1.86 bits per heavy atom. The fourth-order valence-electron chi connectivity index (χ4n) is 2.64. The number of carbonyl (C=O) groups is 2. The van der Waals surface area contributed by atoms with Crippen LogP contribution in [0, 0.1) is 0 Å². The van der Waals surface area contributed by atoms with Gasteiger partial charge in [-0.3, -0.25) is 0 Å². The van der Waals surface area contributed by atoms with Gasteiger partial charge in [-0.2, -0.15) is 11.3 Å². The van der Waals surface area contributed by atoms with E-state index in [0.29, 0.717) is 11.5 Å². The average Bonchev–Trinajstić information content (AvgIpc) is 2.93. The summed E-state index contributed by atoms with van der Waals surface area (Å²) in [5, 5.41) is 3.79. The molecule has 22 heavy (non-hydrogen) atoms. The van der Waals surface area contributed by atoms with Gasteiger partial charge in [-0.25, -0.2) is 9.59 Å². The van der Waals surface area contributed by atoms with E-state index in [4.69, 9.17) is 9.57 Å². The Balaban J connectivity index is 1.93. The summed E-state index contributed by atoms with van der Waals surface area (Å²) in [4.78, 5) is 28.5. The van der Waals surface area contributed by atoms with Crippen molar-refractivity contribution < 1.29 is 19.2 Å². The number of ether oxygens (including phenoxy) is 1. The lowest BCUT2D eigenvalue weighted by atomic mass is 9.84. The molecule has 0 aliphatic heterocycles. The smallest absolute Gasteiger partial charge is 0.441 e. The maximum Gasteiger partial charge on any atom is 0.441 e. The van der Waals surface area contributed by atoms with Crippen LogP contribution in [0.15, 0.2) is 10.8 Å². The van der Waals surface area contributed by atoms with E-state index >= 15 is 0 Å². The van der Waals surface area contributed by atoms with Gasteiger partial charge in [-0.05, 0) is 50.5 Å². The van der Waals surface area contributed by atoms with Crippen LogP contribution < -0.4 is 5.48 Å². The number of amides is 1. The molecule has 0 bridgehead atoms. The summed E-state index contributed by atoms with van der Waals surface area (Å²) in [5.74, 6) is -0.114. The molecule has 1 amide bonds. The lowest BCUT2D eigenvalue weighted by molar-refractivity contribution is -0.00137. The monoisotopic (exact) mass is 325 g/mol. The molecule has 1 fully saturated rings. The maximum atomic E-state index is 12.2. The molecule has 0 aromatic carbocycles. The number of hydroxylamine groups is 1. The molecule has 1 saturated carbocycles. The third kappa shape index (κ3) is 4.73. The van der Waals surface area contributed by atoms with Crippen LogP contribution in [-0.2, 0) is 9.57 Å². The van der Waals surface area contributed by atoms with E-state index in [1.165, 1.54) is 30.6 Å². The number of rotatable bonds is 2. The maximum absolute atomic E-state index is 12.2. The normalized spacial score (nSPS) is 16.1. The Kier molecular flexibility index (Phi) is 5.45. The van der Waals surface area contributed by atoms with Gasteiger partial charge in [-0.1, -0.05) is 19.3 Å². The van der Waals surface area contributed by atoms with Crippen molar-refractivity contribution in [2.45, 2.75) is 64.4 Å². The molecule has 0 radical (unpaired) electrons. The molecule has 122 valence electrons. The summed E-state index contributed by atoms with van der Waals surface area (Å²) in [5.41, 5.74) is 3.01. The van der Waals surface area contributed by atoms with Crippen molar-refractivity contribution in [3.8, 4) is 0 Å². The summed E-state index contributed by atoms with van der Waals surface area (Å²) in [6.45, 7) is 5.23. The zero-order chi connectivity index (χ0) is 16.2. The molecule has 0 spiro atoms. The predicted molar refractivity (Wildman–Crippen MR) is 84.9 cm³/mol. The highest BCUT2D eigenvalue weighted by Crippen LogP contribution is 2.36. The minimum atomic E-state index is -0.768. The van der Waals surface area contributed by atoms with Gasteiger partial charge in [0.2, 0.25) is 0 Å². The summed E-state index contributed by atoms with van der Waals surface area (Å²) in [6.07, 6.45) is 5.11. The Morgan fingerprint density at radius 1 is 1.18 bits per heavy atom. The van der Waals surface area contributed by atoms with Gasteiger partial charge >= 0.3 is 12.1 Å². The van der Waals surface area contributed by atoms with Gasteiger partial charge in [0.05, 0.1) is 5.56 Å². The number of hydrogen-bond acceptors (Lipinski definition) is 5. The van der Waals surface area contributed by atoms with Crippen LogP contribution in [0.25, 0.3) is 0 Å². The van der Waals surface area contributed by atoms with Crippen molar-refractivity contribution in [1.82, 2.24) is 5.48 Å². The second kappa shape index (κ2) is 7.13. The first-order chi connectivity index (χ1) is 10.4. The van der Waals surface area contributed by atoms with Crippen LogP contribution in [0.3, 0.4) is 0 Å². The van der Waals surface area contributed by atoms with Gasteiger partial charge in [0.1, 0.15) is 5.60 Å². The van der Waals surface area contributed by atoms with Crippen molar-refractivity contribution in [2.24, 2.45) is 0 Å². The van der Waals surface area contributed by atoms with E-state index in [1.807, 2.05) is 5.38 Å². The van der Waals surface area contributed by atoms with Gasteiger partial charge in [0.25, 0.3) is 0 Å². The van der Waals surface area contributed by atoms with Crippen LogP contribution in [0.5, 0.6) is 0 Å². The second-order valence-electron chi connectivity index (χ2n) is 6.57. The van der Waals surface area contributed by atoms with E-state index in [0.717, 1.165) is 18.4 Å². The number of nitrogens with one attached hydrogen (secondary N) is 1. The van der Waals surface area contributed by atoms with E-state index in [2.05, 4.69) is 5.48 Å². The highest BCUT2D eigenvalue weighted by molar-refractivity contribution is 7.08. The van der Waals surface area contributed by atoms with Gasteiger partial charge < -0.3 is 9.57 Å². The molecule has 1 N–H and O–H groups in total. The molecule has 1 aliphatic rings. The largest absolute Gasteiger partial charge is 0.442 e. The molecule has 1 aliphatic carbocycles. The van der Waals surface area contributed by atoms with Crippen molar-refractivity contribution in [2.75, 3.05) is 0 Å². The highest BCUT2D eigenvalue weighted by Gasteiger charge is 2.24. The van der Waals surface area contributed by atoms with E-state index < -0.39 is 17.7 Å². The van der Waals surface area contributed by atoms with Crippen molar-refractivity contribution in [3.63, 3.8) is 0 Å². The molecule has 0 unspecified atom stereocenters. The van der Waals surface area contributed by atoms with E-state index in [-0.39, 0.29) is 0 Å². The van der Waals surface area contributed by atoms with Gasteiger partial charge in [-0.15, -0.1) is 5.48 Å². The van der Waals surface area contributed by atoms with E-state index in [1.54, 1.807) is 26.2 Å². The summed E-state index contributed by atoms with van der Waals surface area (Å²) in [7, 11) is 0. The van der Waals surface area contributed by atoms with Gasteiger partial charge in [0.15, 0.2) is 0 Å². The minimum absolute atomic E-state index is 0.420. The molecule has 1 aromatic rings. The van der Waals surface area contributed by atoms with Crippen LogP contribution in [0.2, 0.25) is 0 Å². The quantitative estimate of drug-likeness (QED) is 0.819. The highest BCUT2D eigenvalue weighted by atomic mass is 32.1.